The van der Waals surface area contributed by atoms with Crippen LogP contribution in [0.15, 0.2) is 30.3 Å². The van der Waals surface area contributed by atoms with Crippen LogP contribution in [0, 0.1) is 0 Å². The van der Waals surface area contributed by atoms with Crippen molar-refractivity contribution in [1.82, 2.24) is 4.90 Å². The van der Waals surface area contributed by atoms with Gasteiger partial charge in [0.25, 0.3) is 0 Å². The first kappa shape index (κ1) is 18.6. The molecule has 1 amide bonds. The first-order chi connectivity index (χ1) is 10.6. The second kappa shape index (κ2) is 10.3. The summed E-state index contributed by atoms with van der Waals surface area (Å²) in [5, 5.41) is 9.37. The van der Waals surface area contributed by atoms with Gasteiger partial charge >= 0.3 is 0 Å². The van der Waals surface area contributed by atoms with E-state index in [2.05, 4.69) is 0 Å². The van der Waals surface area contributed by atoms with Crippen LogP contribution in [-0.2, 0) is 16.1 Å². The number of amides is 1. The molecule has 22 heavy (non-hydrogen) atoms. The van der Waals surface area contributed by atoms with Crippen molar-refractivity contribution in [2.75, 3.05) is 26.8 Å². The van der Waals surface area contributed by atoms with E-state index in [0.717, 1.165) is 12.0 Å². The predicted octanol–water partition coefficient (Wildman–Crippen LogP) is 0.0887. The molecular weight excluding hydrogens is 282 g/mol. The van der Waals surface area contributed by atoms with Crippen molar-refractivity contribution in [2.45, 2.75) is 31.5 Å². The van der Waals surface area contributed by atoms with E-state index in [-0.39, 0.29) is 25.2 Å². The lowest BCUT2D eigenvalue weighted by Gasteiger charge is -2.29. The third kappa shape index (κ3) is 6.11. The van der Waals surface area contributed by atoms with Crippen LogP contribution >= 0.6 is 0 Å². The van der Waals surface area contributed by atoms with Crippen molar-refractivity contribution >= 4 is 5.91 Å². The van der Waals surface area contributed by atoms with E-state index in [1.165, 1.54) is 4.90 Å². The molecule has 5 N–H and O–H groups in total. The third-order valence-corrected chi connectivity index (χ3v) is 3.57. The fourth-order valence-electron chi connectivity index (χ4n) is 2.15. The average Bonchev–Trinajstić information content (AvgIpc) is 2.55. The Morgan fingerprint density at radius 1 is 1.36 bits per heavy atom. The van der Waals surface area contributed by atoms with Gasteiger partial charge in [0.1, 0.15) is 6.04 Å². The summed E-state index contributed by atoms with van der Waals surface area (Å²) >= 11 is 0. The number of ether oxygens (including phenoxy) is 1. The van der Waals surface area contributed by atoms with Crippen LogP contribution in [0.2, 0.25) is 0 Å². The largest absolute Gasteiger partial charge is 0.394 e. The van der Waals surface area contributed by atoms with Gasteiger partial charge in [0.15, 0.2) is 0 Å². The maximum absolute atomic E-state index is 12.2. The smallest absolute Gasteiger partial charge is 0.241 e. The normalized spacial score (nSPS) is 13.6. The molecule has 0 saturated heterocycles. The molecule has 0 saturated carbocycles. The summed E-state index contributed by atoms with van der Waals surface area (Å²) in [6.07, 6.45) is 1.41. The highest BCUT2D eigenvalue weighted by Gasteiger charge is 2.24. The number of benzene rings is 1. The van der Waals surface area contributed by atoms with E-state index >= 15 is 0 Å². The number of carbonyl (C=O) groups is 1. The Kier molecular flexibility index (Phi) is 8.69. The molecule has 6 heteroatoms. The summed E-state index contributed by atoms with van der Waals surface area (Å²) in [5.74, 6) is -0.232. The minimum Gasteiger partial charge on any atom is -0.394 e. The van der Waals surface area contributed by atoms with Crippen molar-refractivity contribution in [3.8, 4) is 0 Å². The molecule has 6 nitrogen and oxygen atoms in total. The summed E-state index contributed by atoms with van der Waals surface area (Å²) in [7, 11) is 1.65. The van der Waals surface area contributed by atoms with E-state index < -0.39 is 6.04 Å². The molecule has 2 atom stereocenters. The maximum atomic E-state index is 12.2. The fraction of sp³-hybridized carbons (Fsp3) is 0.562. The van der Waals surface area contributed by atoms with Crippen molar-refractivity contribution in [1.29, 1.82) is 0 Å². The predicted molar refractivity (Wildman–Crippen MR) is 86.0 cm³/mol. The van der Waals surface area contributed by atoms with Crippen LogP contribution in [0.3, 0.4) is 0 Å². The first-order valence-electron chi connectivity index (χ1n) is 7.55. The number of nitrogens with two attached hydrogens (primary N) is 2. The monoisotopic (exact) mass is 309 g/mol. The molecule has 1 aromatic carbocycles. The molecule has 0 spiro atoms. The van der Waals surface area contributed by atoms with Crippen molar-refractivity contribution in [3.63, 3.8) is 0 Å². The number of hydrogen-bond donors (Lipinski definition) is 3. The molecule has 0 aliphatic rings. The van der Waals surface area contributed by atoms with Gasteiger partial charge in [0.2, 0.25) is 5.91 Å². The highest BCUT2D eigenvalue weighted by Crippen LogP contribution is 2.07. The highest BCUT2D eigenvalue weighted by atomic mass is 16.5. The first-order valence-corrected chi connectivity index (χ1v) is 7.55. The number of likely N-dealkylation sites (N-methyl/N-ethyl adjacent to an activating group) is 1. The summed E-state index contributed by atoms with van der Waals surface area (Å²) in [6.45, 7) is 1.000. The Labute approximate surface area is 132 Å². The molecule has 124 valence electrons. The van der Waals surface area contributed by atoms with Crippen LogP contribution in [-0.4, -0.2) is 54.8 Å². The van der Waals surface area contributed by atoms with E-state index in [9.17, 15) is 9.90 Å². The zero-order chi connectivity index (χ0) is 16.4. The van der Waals surface area contributed by atoms with Gasteiger partial charge in [-0.2, -0.15) is 0 Å². The van der Waals surface area contributed by atoms with Gasteiger partial charge in [-0.25, -0.2) is 0 Å². The quantitative estimate of drug-likeness (QED) is 0.568. The van der Waals surface area contributed by atoms with Gasteiger partial charge in [0.05, 0.1) is 25.9 Å². The molecule has 1 aromatic rings. The van der Waals surface area contributed by atoms with Crippen LogP contribution < -0.4 is 11.5 Å². The van der Waals surface area contributed by atoms with Crippen LogP contribution in [0.4, 0.5) is 0 Å². The lowest BCUT2D eigenvalue weighted by molar-refractivity contribution is -0.135. The van der Waals surface area contributed by atoms with E-state index in [1.54, 1.807) is 7.05 Å². The van der Waals surface area contributed by atoms with E-state index in [4.69, 9.17) is 16.2 Å². The second-order valence-electron chi connectivity index (χ2n) is 5.32. The van der Waals surface area contributed by atoms with Gasteiger partial charge in [-0.1, -0.05) is 30.3 Å². The van der Waals surface area contributed by atoms with Gasteiger partial charge in [-0.15, -0.1) is 0 Å². The molecular formula is C16H27N3O3. The fourth-order valence-corrected chi connectivity index (χ4v) is 2.15. The zero-order valence-electron chi connectivity index (χ0n) is 13.1. The Morgan fingerprint density at radius 2 is 2.05 bits per heavy atom. The van der Waals surface area contributed by atoms with Gasteiger partial charge < -0.3 is 26.2 Å². The topological polar surface area (TPSA) is 102 Å². The minimum atomic E-state index is -0.736. The minimum absolute atomic E-state index is 0.0974. The third-order valence-electron chi connectivity index (χ3n) is 3.57. The van der Waals surface area contributed by atoms with Crippen LogP contribution in [0.25, 0.3) is 0 Å². The standard InChI is InChI=1S/C16H27N3O3/c1-19(14(10-20)8-5-9-17)16(21)15(18)12-22-11-13-6-3-2-4-7-13/h2-4,6-7,14-15,20H,5,8-12,17-18H2,1H3/t14-,15-/m0/s1. The zero-order valence-corrected chi connectivity index (χ0v) is 13.1. The molecule has 0 unspecified atom stereocenters. The molecule has 0 aliphatic carbocycles. The van der Waals surface area contributed by atoms with Gasteiger partial charge in [-0.05, 0) is 24.9 Å². The van der Waals surface area contributed by atoms with Crippen LogP contribution in [0.1, 0.15) is 18.4 Å². The maximum Gasteiger partial charge on any atom is 0.241 e. The number of nitrogens with zero attached hydrogens (tertiary/aromatic N) is 1. The van der Waals surface area contributed by atoms with E-state index in [0.29, 0.717) is 19.6 Å². The lowest BCUT2D eigenvalue weighted by Crippen LogP contribution is -2.49. The number of carbonyl (C=O) groups excluding carboxylic acids is 1. The Hall–Kier alpha value is -1.47. The lowest BCUT2D eigenvalue weighted by atomic mass is 10.1. The van der Waals surface area contributed by atoms with E-state index in [1.807, 2.05) is 30.3 Å². The van der Waals surface area contributed by atoms with Crippen molar-refractivity contribution in [3.05, 3.63) is 35.9 Å². The average molecular weight is 309 g/mol. The number of aliphatic hydroxyl groups is 1. The molecule has 0 fully saturated rings. The number of rotatable bonds is 10. The van der Waals surface area contributed by atoms with Crippen molar-refractivity contribution < 1.29 is 14.6 Å². The molecule has 0 heterocycles. The summed E-state index contributed by atoms with van der Waals surface area (Å²) in [5.41, 5.74) is 12.4. The summed E-state index contributed by atoms with van der Waals surface area (Å²) < 4.78 is 5.49. The summed E-state index contributed by atoms with van der Waals surface area (Å²) in [4.78, 5) is 13.7. The molecule has 1 rings (SSSR count). The SMILES string of the molecule is CN(C(=O)[C@@H](N)COCc1ccccc1)[C@H](CO)CCCN. The Morgan fingerprint density at radius 3 is 2.64 bits per heavy atom. The van der Waals surface area contributed by atoms with Crippen LogP contribution in [0.5, 0.6) is 0 Å². The Bertz CT molecular complexity index is 428. The number of hydrogen-bond acceptors (Lipinski definition) is 5. The summed E-state index contributed by atoms with van der Waals surface area (Å²) in [6, 6.07) is 8.71. The van der Waals surface area contributed by atoms with Gasteiger partial charge in [0, 0.05) is 7.05 Å². The molecule has 0 bridgehead atoms. The molecule has 0 radical (unpaired) electrons. The highest BCUT2D eigenvalue weighted by molar-refractivity contribution is 5.81. The molecule has 0 aliphatic heterocycles. The van der Waals surface area contributed by atoms with Crippen molar-refractivity contribution in [2.24, 2.45) is 11.5 Å². The number of aliphatic hydroxyl groups excluding tert-OH is 1. The molecule has 0 aromatic heterocycles. The Balaban J connectivity index is 2.39. The van der Waals surface area contributed by atoms with Gasteiger partial charge in [-0.3, -0.25) is 4.79 Å². The second-order valence-corrected chi connectivity index (χ2v) is 5.32.